The number of hydrogen-bond donors (Lipinski definition) is 1. The fourth-order valence-corrected chi connectivity index (χ4v) is 2.17. The highest BCUT2D eigenvalue weighted by Gasteiger charge is 2.18. The van der Waals surface area contributed by atoms with Crippen molar-refractivity contribution in [1.82, 2.24) is 0 Å². The number of benzene rings is 1. The minimum atomic E-state index is 0.547. The van der Waals surface area contributed by atoms with Crippen molar-refractivity contribution in [2.45, 2.75) is 38.1 Å². The molecule has 0 radical (unpaired) electrons. The highest BCUT2D eigenvalue weighted by Crippen LogP contribution is 2.24. The summed E-state index contributed by atoms with van der Waals surface area (Å²) in [6.45, 7) is 0. The fourth-order valence-electron chi connectivity index (χ4n) is 2.17. The second-order valence-corrected chi connectivity index (χ2v) is 4.03. The molecule has 0 aliphatic heterocycles. The lowest BCUT2D eigenvalue weighted by Crippen LogP contribution is -2.42. The quantitative estimate of drug-likeness (QED) is 0.574. The van der Waals surface area contributed by atoms with Crippen LogP contribution in [0.3, 0.4) is 0 Å². The first kappa shape index (κ1) is 9.53. The zero-order chi connectivity index (χ0) is 9.80. The Labute approximate surface area is 85.7 Å². The summed E-state index contributed by atoms with van der Waals surface area (Å²) in [4.78, 5) is 0. The Kier molecular flexibility index (Phi) is 3.04. The van der Waals surface area contributed by atoms with Crippen LogP contribution in [0.5, 0.6) is 0 Å². The van der Waals surface area contributed by atoms with Crippen LogP contribution in [0.1, 0.15) is 32.1 Å². The van der Waals surface area contributed by atoms with E-state index in [4.69, 9.17) is 5.84 Å². The van der Waals surface area contributed by atoms with Gasteiger partial charge in [0.25, 0.3) is 0 Å². The molecule has 1 saturated carbocycles. The molecule has 76 valence electrons. The third-order valence-electron chi connectivity index (χ3n) is 3.02. The summed E-state index contributed by atoms with van der Waals surface area (Å²) in [6.07, 6.45) is 6.51. The lowest BCUT2D eigenvalue weighted by molar-refractivity contribution is 0.418. The maximum Gasteiger partial charge on any atom is 0.0520 e. The van der Waals surface area contributed by atoms with Crippen molar-refractivity contribution in [2.24, 2.45) is 5.84 Å². The second-order valence-electron chi connectivity index (χ2n) is 4.03. The highest BCUT2D eigenvalue weighted by atomic mass is 15.4. The Morgan fingerprint density at radius 3 is 2.29 bits per heavy atom. The van der Waals surface area contributed by atoms with Crippen molar-refractivity contribution in [3.05, 3.63) is 30.3 Å². The minimum absolute atomic E-state index is 0.547. The summed E-state index contributed by atoms with van der Waals surface area (Å²) in [5.41, 5.74) is 1.14. The molecule has 0 atom stereocenters. The molecule has 0 aromatic heterocycles. The highest BCUT2D eigenvalue weighted by molar-refractivity contribution is 5.45. The Morgan fingerprint density at radius 2 is 1.64 bits per heavy atom. The molecule has 0 unspecified atom stereocenters. The number of anilines is 1. The van der Waals surface area contributed by atoms with Crippen molar-refractivity contribution < 1.29 is 0 Å². The van der Waals surface area contributed by atoms with Crippen molar-refractivity contribution >= 4 is 5.69 Å². The molecule has 2 nitrogen and oxygen atoms in total. The molecule has 0 amide bonds. The summed E-state index contributed by atoms with van der Waals surface area (Å²) in [6, 6.07) is 10.8. The Hall–Kier alpha value is -1.02. The fraction of sp³-hybridized carbons (Fsp3) is 0.500. The smallest absolute Gasteiger partial charge is 0.0520 e. The van der Waals surface area contributed by atoms with Crippen molar-refractivity contribution in [3.63, 3.8) is 0 Å². The van der Waals surface area contributed by atoms with E-state index in [1.165, 1.54) is 32.1 Å². The SMILES string of the molecule is NN(c1ccccc1)C1CCCCC1. The van der Waals surface area contributed by atoms with E-state index < -0.39 is 0 Å². The summed E-state index contributed by atoms with van der Waals surface area (Å²) in [5.74, 6) is 6.10. The van der Waals surface area contributed by atoms with Crippen LogP contribution in [0.4, 0.5) is 5.69 Å². The molecule has 1 aromatic carbocycles. The average molecular weight is 190 g/mol. The van der Waals surface area contributed by atoms with Crippen molar-refractivity contribution in [1.29, 1.82) is 0 Å². The molecular formula is C12H18N2. The Balaban J connectivity index is 2.03. The van der Waals surface area contributed by atoms with Gasteiger partial charge in [-0.05, 0) is 25.0 Å². The van der Waals surface area contributed by atoms with Gasteiger partial charge in [0.1, 0.15) is 0 Å². The second kappa shape index (κ2) is 4.47. The molecule has 1 aromatic rings. The normalized spacial score (nSPS) is 18.1. The largest absolute Gasteiger partial charge is 0.308 e. The van der Waals surface area contributed by atoms with Crippen LogP contribution in [0, 0.1) is 0 Å². The van der Waals surface area contributed by atoms with Gasteiger partial charge in [-0.2, -0.15) is 0 Å². The maximum absolute atomic E-state index is 6.10. The van der Waals surface area contributed by atoms with E-state index >= 15 is 0 Å². The third kappa shape index (κ3) is 2.07. The third-order valence-corrected chi connectivity index (χ3v) is 3.02. The number of rotatable bonds is 2. The summed E-state index contributed by atoms with van der Waals surface area (Å²) >= 11 is 0. The van der Waals surface area contributed by atoms with Crippen molar-refractivity contribution in [2.75, 3.05) is 5.01 Å². The molecule has 0 bridgehead atoms. The maximum atomic E-state index is 6.10. The molecule has 0 saturated heterocycles. The number of para-hydroxylation sites is 1. The van der Waals surface area contributed by atoms with E-state index in [0.717, 1.165) is 5.69 Å². The van der Waals surface area contributed by atoms with Gasteiger partial charge >= 0.3 is 0 Å². The van der Waals surface area contributed by atoms with E-state index in [1.807, 2.05) is 23.2 Å². The molecule has 0 spiro atoms. The van der Waals surface area contributed by atoms with Gasteiger partial charge in [-0.3, -0.25) is 0 Å². The summed E-state index contributed by atoms with van der Waals surface area (Å²) in [5, 5.41) is 1.94. The van der Waals surface area contributed by atoms with Crippen LogP contribution >= 0.6 is 0 Å². The number of hydrazine groups is 1. The van der Waals surface area contributed by atoms with Gasteiger partial charge in [-0.1, -0.05) is 37.5 Å². The first-order valence-electron chi connectivity index (χ1n) is 5.47. The van der Waals surface area contributed by atoms with Gasteiger partial charge in [0, 0.05) is 6.04 Å². The van der Waals surface area contributed by atoms with Gasteiger partial charge in [-0.25, -0.2) is 5.84 Å². The molecule has 0 heterocycles. The predicted octanol–water partition coefficient (Wildman–Crippen LogP) is 2.70. The number of hydrogen-bond acceptors (Lipinski definition) is 2. The van der Waals surface area contributed by atoms with Gasteiger partial charge in [0.2, 0.25) is 0 Å². The first-order chi connectivity index (χ1) is 6.88. The summed E-state index contributed by atoms with van der Waals surface area (Å²) < 4.78 is 0. The molecule has 1 aliphatic carbocycles. The molecule has 2 N–H and O–H groups in total. The molecular weight excluding hydrogens is 172 g/mol. The molecule has 2 heteroatoms. The minimum Gasteiger partial charge on any atom is -0.308 e. The van der Waals surface area contributed by atoms with Crippen LogP contribution in [-0.4, -0.2) is 6.04 Å². The van der Waals surface area contributed by atoms with E-state index in [9.17, 15) is 0 Å². The van der Waals surface area contributed by atoms with Gasteiger partial charge < -0.3 is 5.01 Å². The average Bonchev–Trinajstić information content (AvgIpc) is 2.30. The molecule has 1 fully saturated rings. The summed E-state index contributed by atoms with van der Waals surface area (Å²) in [7, 11) is 0. The van der Waals surface area contributed by atoms with Crippen LogP contribution < -0.4 is 10.9 Å². The topological polar surface area (TPSA) is 29.3 Å². The predicted molar refractivity (Wildman–Crippen MR) is 60.0 cm³/mol. The Bertz CT molecular complexity index is 265. The van der Waals surface area contributed by atoms with Crippen LogP contribution in [-0.2, 0) is 0 Å². The lowest BCUT2D eigenvalue weighted by atomic mass is 9.95. The lowest BCUT2D eigenvalue weighted by Gasteiger charge is -2.32. The van der Waals surface area contributed by atoms with Crippen LogP contribution in [0.2, 0.25) is 0 Å². The van der Waals surface area contributed by atoms with Gasteiger partial charge in [0.05, 0.1) is 5.69 Å². The van der Waals surface area contributed by atoms with Gasteiger partial charge in [-0.15, -0.1) is 0 Å². The monoisotopic (exact) mass is 190 g/mol. The van der Waals surface area contributed by atoms with E-state index in [0.29, 0.717) is 6.04 Å². The van der Waals surface area contributed by atoms with Crippen molar-refractivity contribution in [3.8, 4) is 0 Å². The zero-order valence-corrected chi connectivity index (χ0v) is 8.52. The van der Waals surface area contributed by atoms with E-state index in [1.54, 1.807) is 0 Å². The number of nitrogens with two attached hydrogens (primary N) is 1. The molecule has 14 heavy (non-hydrogen) atoms. The number of nitrogens with zero attached hydrogens (tertiary/aromatic N) is 1. The van der Waals surface area contributed by atoms with Gasteiger partial charge in [0.15, 0.2) is 0 Å². The van der Waals surface area contributed by atoms with Crippen LogP contribution in [0.25, 0.3) is 0 Å². The first-order valence-corrected chi connectivity index (χ1v) is 5.47. The standard InChI is InChI=1S/C12H18N2/c13-14(11-7-3-1-4-8-11)12-9-5-2-6-10-12/h1,3-4,7-8,12H,2,5-6,9-10,13H2. The zero-order valence-electron chi connectivity index (χ0n) is 8.52. The van der Waals surface area contributed by atoms with E-state index in [2.05, 4.69) is 12.1 Å². The van der Waals surface area contributed by atoms with E-state index in [-0.39, 0.29) is 0 Å². The molecule has 2 rings (SSSR count). The van der Waals surface area contributed by atoms with Crippen LogP contribution in [0.15, 0.2) is 30.3 Å². The molecule has 1 aliphatic rings. The Morgan fingerprint density at radius 1 is 1.00 bits per heavy atom.